The van der Waals surface area contributed by atoms with Crippen molar-refractivity contribution in [2.75, 3.05) is 6.54 Å². The molecule has 0 bridgehead atoms. The molecule has 0 spiro atoms. The van der Waals surface area contributed by atoms with Gasteiger partial charge in [-0.1, -0.05) is 0 Å². The van der Waals surface area contributed by atoms with Crippen LogP contribution in [0.4, 0.5) is 0 Å². The lowest BCUT2D eigenvalue weighted by Gasteiger charge is -2.04. The van der Waals surface area contributed by atoms with Crippen LogP contribution < -0.4 is 5.73 Å². The van der Waals surface area contributed by atoms with Crippen molar-refractivity contribution in [1.82, 2.24) is 9.38 Å². The number of carbonyl (C=O) groups is 1. The number of nitrogens with two attached hydrogens (primary N) is 1. The van der Waals surface area contributed by atoms with Gasteiger partial charge >= 0.3 is 5.97 Å². The molecule has 0 aliphatic heterocycles. The van der Waals surface area contributed by atoms with E-state index in [2.05, 4.69) is 4.98 Å². The number of nitrogens with zero attached hydrogens (tertiary/aromatic N) is 2. The number of aromatic nitrogens is 2. The van der Waals surface area contributed by atoms with E-state index in [4.69, 9.17) is 10.8 Å². The van der Waals surface area contributed by atoms with Crippen molar-refractivity contribution >= 4 is 22.3 Å². The molecule has 2 heterocycles. The van der Waals surface area contributed by atoms with Gasteiger partial charge in [-0.15, -0.1) is 11.3 Å². The monoisotopic (exact) mass is 211 g/mol. The maximum atomic E-state index is 10.8. The first-order valence-corrected chi connectivity index (χ1v) is 4.95. The second-order valence-electron chi connectivity index (χ2n) is 2.89. The SMILES string of the molecule is NCC(C(=O)O)c1cn2ccsc2n1. The van der Waals surface area contributed by atoms with Crippen LogP contribution in [-0.4, -0.2) is 27.0 Å². The minimum atomic E-state index is -0.932. The summed E-state index contributed by atoms with van der Waals surface area (Å²) in [5.41, 5.74) is 5.89. The van der Waals surface area contributed by atoms with Gasteiger partial charge in [-0.3, -0.25) is 9.20 Å². The summed E-state index contributed by atoms with van der Waals surface area (Å²) in [4.78, 5) is 15.8. The van der Waals surface area contributed by atoms with Gasteiger partial charge in [-0.2, -0.15) is 0 Å². The summed E-state index contributed by atoms with van der Waals surface area (Å²) in [6.45, 7) is 0.0696. The van der Waals surface area contributed by atoms with Crippen LogP contribution in [-0.2, 0) is 4.79 Å². The van der Waals surface area contributed by atoms with Gasteiger partial charge in [0.1, 0.15) is 5.92 Å². The van der Waals surface area contributed by atoms with Gasteiger partial charge in [0.05, 0.1) is 5.69 Å². The molecular formula is C8H9N3O2S. The fourth-order valence-electron chi connectivity index (χ4n) is 1.26. The molecule has 2 rings (SSSR count). The fourth-order valence-corrected chi connectivity index (χ4v) is 1.97. The lowest BCUT2D eigenvalue weighted by atomic mass is 10.1. The normalized spacial score (nSPS) is 13.2. The Bertz CT molecular complexity index is 433. The lowest BCUT2D eigenvalue weighted by molar-refractivity contribution is -0.138. The molecule has 14 heavy (non-hydrogen) atoms. The van der Waals surface area contributed by atoms with Crippen LogP contribution in [0.5, 0.6) is 0 Å². The Labute approximate surface area is 83.8 Å². The van der Waals surface area contributed by atoms with Gasteiger partial charge in [-0.05, 0) is 0 Å². The molecule has 1 unspecified atom stereocenters. The summed E-state index contributed by atoms with van der Waals surface area (Å²) in [5, 5.41) is 10.8. The number of carboxylic acids is 1. The van der Waals surface area contributed by atoms with Gasteiger partial charge in [0, 0.05) is 24.3 Å². The fraction of sp³-hybridized carbons (Fsp3) is 0.250. The van der Waals surface area contributed by atoms with E-state index in [0.717, 1.165) is 4.96 Å². The van der Waals surface area contributed by atoms with Crippen LogP contribution in [0.25, 0.3) is 4.96 Å². The molecule has 3 N–H and O–H groups in total. The van der Waals surface area contributed by atoms with Crippen molar-refractivity contribution in [2.45, 2.75) is 5.92 Å². The Kier molecular flexibility index (Phi) is 2.22. The molecule has 0 fully saturated rings. The smallest absolute Gasteiger partial charge is 0.313 e. The summed E-state index contributed by atoms with van der Waals surface area (Å²) >= 11 is 1.47. The van der Waals surface area contributed by atoms with Crippen LogP contribution in [0.15, 0.2) is 17.8 Å². The standard InChI is InChI=1S/C8H9N3O2S/c9-3-5(7(12)13)6-4-11-1-2-14-8(11)10-6/h1-2,4-5H,3,9H2,(H,12,13). The molecule has 6 heteroatoms. The third-order valence-electron chi connectivity index (χ3n) is 2.00. The first kappa shape index (κ1) is 9.17. The van der Waals surface area contributed by atoms with Crippen molar-refractivity contribution in [3.05, 3.63) is 23.5 Å². The third kappa shape index (κ3) is 1.38. The maximum Gasteiger partial charge on any atom is 0.313 e. The molecule has 2 aromatic rings. The Morgan fingerprint density at radius 2 is 2.57 bits per heavy atom. The molecule has 2 aromatic heterocycles. The Balaban J connectivity index is 2.42. The molecular weight excluding hydrogens is 202 g/mol. The largest absolute Gasteiger partial charge is 0.481 e. The molecule has 5 nitrogen and oxygen atoms in total. The van der Waals surface area contributed by atoms with E-state index in [1.165, 1.54) is 11.3 Å². The predicted molar refractivity (Wildman–Crippen MR) is 52.5 cm³/mol. The highest BCUT2D eigenvalue weighted by Gasteiger charge is 2.21. The predicted octanol–water partition coefficient (Wildman–Crippen LogP) is 0.523. The lowest BCUT2D eigenvalue weighted by Crippen LogP contribution is -2.21. The van der Waals surface area contributed by atoms with Gasteiger partial charge in [-0.25, -0.2) is 4.98 Å². The zero-order valence-electron chi connectivity index (χ0n) is 7.25. The van der Waals surface area contributed by atoms with E-state index >= 15 is 0 Å². The molecule has 0 saturated carbocycles. The maximum absolute atomic E-state index is 10.8. The van der Waals surface area contributed by atoms with Crippen LogP contribution in [0.2, 0.25) is 0 Å². The number of fused-ring (bicyclic) bond motifs is 1. The number of thiazole rings is 1. The van der Waals surface area contributed by atoms with Crippen LogP contribution in [0.1, 0.15) is 11.6 Å². The first-order valence-electron chi connectivity index (χ1n) is 4.07. The number of aliphatic carboxylic acids is 1. The summed E-state index contributed by atoms with van der Waals surface area (Å²) in [7, 11) is 0. The molecule has 0 aromatic carbocycles. The van der Waals surface area contributed by atoms with Gasteiger partial charge in [0.2, 0.25) is 0 Å². The highest BCUT2D eigenvalue weighted by molar-refractivity contribution is 7.15. The van der Waals surface area contributed by atoms with E-state index in [9.17, 15) is 4.79 Å². The third-order valence-corrected chi connectivity index (χ3v) is 2.77. The van der Waals surface area contributed by atoms with Crippen molar-refractivity contribution in [2.24, 2.45) is 5.73 Å². The molecule has 74 valence electrons. The molecule has 0 aliphatic carbocycles. The molecule has 0 amide bonds. The van der Waals surface area contributed by atoms with Crippen molar-refractivity contribution in [1.29, 1.82) is 0 Å². The molecule has 0 radical (unpaired) electrons. The molecule has 0 saturated heterocycles. The summed E-state index contributed by atoms with van der Waals surface area (Å²) in [5.74, 6) is -1.64. The van der Waals surface area contributed by atoms with Crippen LogP contribution >= 0.6 is 11.3 Å². The number of rotatable bonds is 3. The number of imidazole rings is 1. The molecule has 1 atom stereocenters. The van der Waals surface area contributed by atoms with Crippen LogP contribution in [0, 0.1) is 0 Å². The van der Waals surface area contributed by atoms with Crippen LogP contribution in [0.3, 0.4) is 0 Å². The summed E-state index contributed by atoms with van der Waals surface area (Å²) < 4.78 is 1.80. The molecule has 0 aliphatic rings. The zero-order valence-corrected chi connectivity index (χ0v) is 8.07. The topological polar surface area (TPSA) is 80.6 Å². The van der Waals surface area contributed by atoms with E-state index in [1.807, 2.05) is 11.6 Å². The summed E-state index contributed by atoms with van der Waals surface area (Å²) in [6.07, 6.45) is 3.55. The summed E-state index contributed by atoms with van der Waals surface area (Å²) in [6, 6.07) is 0. The second kappa shape index (κ2) is 3.39. The minimum absolute atomic E-state index is 0.0696. The Morgan fingerprint density at radius 1 is 1.79 bits per heavy atom. The average molecular weight is 211 g/mol. The average Bonchev–Trinajstić information content (AvgIpc) is 2.63. The number of hydrogen-bond acceptors (Lipinski definition) is 4. The van der Waals surface area contributed by atoms with Gasteiger partial charge < -0.3 is 10.8 Å². The Hall–Kier alpha value is -1.40. The van der Waals surface area contributed by atoms with E-state index in [0.29, 0.717) is 5.69 Å². The van der Waals surface area contributed by atoms with Gasteiger partial charge in [0.25, 0.3) is 0 Å². The highest BCUT2D eigenvalue weighted by Crippen LogP contribution is 2.17. The van der Waals surface area contributed by atoms with Gasteiger partial charge in [0.15, 0.2) is 4.96 Å². The minimum Gasteiger partial charge on any atom is -0.481 e. The highest BCUT2D eigenvalue weighted by atomic mass is 32.1. The van der Waals surface area contributed by atoms with Crippen molar-refractivity contribution in [3.63, 3.8) is 0 Å². The van der Waals surface area contributed by atoms with E-state index in [-0.39, 0.29) is 6.54 Å². The van der Waals surface area contributed by atoms with E-state index < -0.39 is 11.9 Å². The Morgan fingerprint density at radius 3 is 3.14 bits per heavy atom. The van der Waals surface area contributed by atoms with Crippen molar-refractivity contribution in [3.8, 4) is 0 Å². The van der Waals surface area contributed by atoms with E-state index in [1.54, 1.807) is 10.6 Å². The second-order valence-corrected chi connectivity index (χ2v) is 3.76. The number of hydrogen-bond donors (Lipinski definition) is 2. The van der Waals surface area contributed by atoms with Crippen molar-refractivity contribution < 1.29 is 9.90 Å². The zero-order chi connectivity index (χ0) is 10.1. The quantitative estimate of drug-likeness (QED) is 0.775. The first-order chi connectivity index (χ1) is 6.72. The number of carboxylic acid groups (broad SMARTS) is 1.